The maximum absolute atomic E-state index is 4.95. The normalized spacial score (nSPS) is 11.1. The zero-order chi connectivity index (χ0) is 18.4. The number of hydrogen-bond acceptors (Lipinski definition) is 3. The fraction of sp³-hybridized carbons (Fsp3) is 0.304. The Morgan fingerprint density at radius 2 is 1.54 bits per heavy atom. The fourth-order valence-electron chi connectivity index (χ4n) is 2.80. The van der Waals surface area contributed by atoms with Crippen LogP contribution in [0.15, 0.2) is 65.7 Å². The van der Waals surface area contributed by atoms with Crippen LogP contribution < -0.4 is 0 Å². The molecule has 0 saturated carbocycles. The van der Waals surface area contributed by atoms with Gasteiger partial charge in [0.2, 0.25) is 0 Å². The molecule has 0 amide bonds. The van der Waals surface area contributed by atoms with Gasteiger partial charge in [-0.25, -0.2) is 9.97 Å². The number of thioether (sulfide) groups is 1. The Bertz CT molecular complexity index is 830. The third-order valence-electron chi connectivity index (χ3n) is 4.37. The number of nitrogens with zero attached hydrogens (tertiary/aromatic N) is 2. The van der Waals surface area contributed by atoms with Crippen molar-refractivity contribution in [1.82, 2.24) is 9.97 Å². The lowest BCUT2D eigenvalue weighted by Gasteiger charge is -2.14. The molecule has 0 saturated heterocycles. The van der Waals surface area contributed by atoms with Crippen LogP contribution >= 0.6 is 11.8 Å². The monoisotopic (exact) mass is 362 g/mol. The van der Waals surface area contributed by atoms with E-state index in [0.29, 0.717) is 5.92 Å². The summed E-state index contributed by atoms with van der Waals surface area (Å²) in [6, 6.07) is 20.9. The SMILES string of the molecule is Cc1nc(-c2ccccc2)nc(SCCC(C)C)c1Cc1ccccc1. The number of hydrogen-bond donors (Lipinski definition) is 0. The lowest BCUT2D eigenvalue weighted by molar-refractivity contribution is 0.631. The van der Waals surface area contributed by atoms with Gasteiger partial charge in [-0.2, -0.15) is 0 Å². The summed E-state index contributed by atoms with van der Waals surface area (Å²) in [5.41, 5.74) is 4.71. The first-order valence-electron chi connectivity index (χ1n) is 9.23. The molecule has 0 aliphatic heterocycles. The molecule has 0 radical (unpaired) electrons. The molecule has 3 aromatic rings. The molecular formula is C23H26N2S. The smallest absolute Gasteiger partial charge is 0.160 e. The quantitative estimate of drug-likeness (QED) is 0.371. The van der Waals surface area contributed by atoms with Crippen molar-refractivity contribution in [2.75, 3.05) is 5.75 Å². The van der Waals surface area contributed by atoms with Crippen LogP contribution in [-0.2, 0) is 6.42 Å². The van der Waals surface area contributed by atoms with Crippen molar-refractivity contribution in [3.05, 3.63) is 77.5 Å². The van der Waals surface area contributed by atoms with E-state index in [4.69, 9.17) is 9.97 Å². The van der Waals surface area contributed by atoms with Crippen LogP contribution in [0.2, 0.25) is 0 Å². The summed E-state index contributed by atoms with van der Waals surface area (Å²) in [4.78, 5) is 9.77. The maximum Gasteiger partial charge on any atom is 0.160 e. The minimum absolute atomic E-state index is 0.705. The van der Waals surface area contributed by atoms with E-state index in [0.717, 1.165) is 34.3 Å². The summed E-state index contributed by atoms with van der Waals surface area (Å²) in [6.45, 7) is 6.65. The lowest BCUT2D eigenvalue weighted by atomic mass is 10.1. The molecule has 0 aliphatic carbocycles. The molecule has 0 bridgehead atoms. The van der Waals surface area contributed by atoms with E-state index < -0.39 is 0 Å². The van der Waals surface area contributed by atoms with Gasteiger partial charge in [0, 0.05) is 23.2 Å². The van der Waals surface area contributed by atoms with Crippen LogP contribution in [0.5, 0.6) is 0 Å². The van der Waals surface area contributed by atoms with Crippen LogP contribution in [0.1, 0.15) is 37.1 Å². The summed E-state index contributed by atoms with van der Waals surface area (Å²) in [5.74, 6) is 2.62. The topological polar surface area (TPSA) is 25.8 Å². The minimum atomic E-state index is 0.705. The molecule has 0 N–H and O–H groups in total. The van der Waals surface area contributed by atoms with Crippen LogP contribution in [-0.4, -0.2) is 15.7 Å². The van der Waals surface area contributed by atoms with Gasteiger partial charge in [-0.05, 0) is 30.6 Å². The van der Waals surface area contributed by atoms with E-state index in [1.54, 1.807) is 0 Å². The molecule has 0 fully saturated rings. The van der Waals surface area contributed by atoms with Gasteiger partial charge in [-0.1, -0.05) is 74.5 Å². The van der Waals surface area contributed by atoms with E-state index in [2.05, 4.69) is 63.2 Å². The van der Waals surface area contributed by atoms with Gasteiger partial charge in [0.1, 0.15) is 5.03 Å². The zero-order valence-electron chi connectivity index (χ0n) is 15.8. The average molecular weight is 363 g/mol. The maximum atomic E-state index is 4.95. The van der Waals surface area contributed by atoms with Crippen molar-refractivity contribution >= 4 is 11.8 Å². The molecule has 26 heavy (non-hydrogen) atoms. The van der Waals surface area contributed by atoms with E-state index in [1.807, 2.05) is 30.0 Å². The second-order valence-corrected chi connectivity index (χ2v) is 8.06. The third-order valence-corrected chi connectivity index (χ3v) is 5.42. The fourth-order valence-corrected chi connectivity index (χ4v) is 4.13. The van der Waals surface area contributed by atoms with Gasteiger partial charge in [-0.3, -0.25) is 0 Å². The van der Waals surface area contributed by atoms with Crippen LogP contribution in [0.4, 0.5) is 0 Å². The van der Waals surface area contributed by atoms with Crippen molar-refractivity contribution in [2.24, 2.45) is 5.92 Å². The Balaban J connectivity index is 1.95. The first kappa shape index (κ1) is 18.7. The van der Waals surface area contributed by atoms with Crippen LogP contribution in [0, 0.1) is 12.8 Å². The third kappa shape index (κ3) is 4.95. The highest BCUT2D eigenvalue weighted by Gasteiger charge is 2.14. The summed E-state index contributed by atoms with van der Waals surface area (Å²) < 4.78 is 0. The van der Waals surface area contributed by atoms with E-state index in [9.17, 15) is 0 Å². The van der Waals surface area contributed by atoms with Crippen molar-refractivity contribution in [1.29, 1.82) is 0 Å². The van der Waals surface area contributed by atoms with E-state index in [-0.39, 0.29) is 0 Å². The standard InChI is InChI=1S/C23H26N2S/c1-17(2)14-15-26-23-21(16-19-10-6-4-7-11-19)18(3)24-22(25-23)20-12-8-5-9-13-20/h4-13,17H,14-16H2,1-3H3. The zero-order valence-corrected chi connectivity index (χ0v) is 16.6. The molecule has 0 atom stereocenters. The Hall–Kier alpha value is -2.13. The second-order valence-electron chi connectivity index (χ2n) is 6.98. The first-order chi connectivity index (χ1) is 12.6. The highest BCUT2D eigenvalue weighted by atomic mass is 32.2. The number of benzene rings is 2. The lowest BCUT2D eigenvalue weighted by Crippen LogP contribution is -2.04. The molecule has 2 nitrogen and oxygen atoms in total. The van der Waals surface area contributed by atoms with Gasteiger partial charge in [0.15, 0.2) is 5.82 Å². The largest absolute Gasteiger partial charge is 0.233 e. The summed E-state index contributed by atoms with van der Waals surface area (Å²) in [6.07, 6.45) is 2.07. The molecule has 0 aliphatic rings. The highest BCUT2D eigenvalue weighted by Crippen LogP contribution is 2.29. The van der Waals surface area contributed by atoms with Crippen LogP contribution in [0.3, 0.4) is 0 Å². The van der Waals surface area contributed by atoms with Crippen molar-refractivity contribution in [3.8, 4) is 11.4 Å². The predicted molar refractivity (Wildman–Crippen MR) is 112 cm³/mol. The molecule has 1 heterocycles. The molecular weight excluding hydrogens is 336 g/mol. The van der Waals surface area contributed by atoms with E-state index >= 15 is 0 Å². The average Bonchev–Trinajstić information content (AvgIpc) is 2.65. The van der Waals surface area contributed by atoms with E-state index in [1.165, 1.54) is 17.5 Å². The Morgan fingerprint density at radius 3 is 2.19 bits per heavy atom. The van der Waals surface area contributed by atoms with Gasteiger partial charge >= 0.3 is 0 Å². The van der Waals surface area contributed by atoms with Crippen molar-refractivity contribution in [3.63, 3.8) is 0 Å². The van der Waals surface area contributed by atoms with Crippen LogP contribution in [0.25, 0.3) is 11.4 Å². The Labute approximate surface area is 161 Å². The number of rotatable bonds is 7. The number of aryl methyl sites for hydroxylation is 1. The molecule has 3 heteroatoms. The second kappa shape index (κ2) is 9.00. The molecule has 2 aromatic carbocycles. The molecule has 3 rings (SSSR count). The van der Waals surface area contributed by atoms with Crippen molar-refractivity contribution in [2.45, 2.75) is 38.6 Å². The predicted octanol–water partition coefficient (Wildman–Crippen LogP) is 6.18. The first-order valence-corrected chi connectivity index (χ1v) is 10.2. The Kier molecular flexibility index (Phi) is 6.45. The van der Waals surface area contributed by atoms with Gasteiger partial charge in [0.05, 0.1) is 0 Å². The van der Waals surface area contributed by atoms with Gasteiger partial charge in [0.25, 0.3) is 0 Å². The number of aromatic nitrogens is 2. The molecule has 0 spiro atoms. The summed E-state index contributed by atoms with van der Waals surface area (Å²) in [7, 11) is 0. The van der Waals surface area contributed by atoms with Gasteiger partial charge in [-0.15, -0.1) is 11.8 Å². The Morgan fingerprint density at radius 1 is 0.885 bits per heavy atom. The molecule has 1 aromatic heterocycles. The van der Waals surface area contributed by atoms with Crippen molar-refractivity contribution < 1.29 is 0 Å². The molecule has 134 valence electrons. The highest BCUT2D eigenvalue weighted by molar-refractivity contribution is 7.99. The summed E-state index contributed by atoms with van der Waals surface area (Å²) in [5, 5.41) is 1.13. The minimum Gasteiger partial charge on any atom is -0.233 e. The molecule has 0 unspecified atom stereocenters. The summed E-state index contributed by atoms with van der Waals surface area (Å²) >= 11 is 1.87. The van der Waals surface area contributed by atoms with Gasteiger partial charge < -0.3 is 0 Å².